The predicted octanol–water partition coefficient (Wildman–Crippen LogP) is 2.97. The summed E-state index contributed by atoms with van der Waals surface area (Å²) in [6.45, 7) is 7.48. The highest BCUT2D eigenvalue weighted by atomic mass is 35.5. The molecule has 0 spiro atoms. The second-order valence-electron chi connectivity index (χ2n) is 6.76. The average molecular weight is 388 g/mol. The fourth-order valence-electron chi connectivity index (χ4n) is 3.07. The Hall–Kier alpha value is -2.24. The monoisotopic (exact) mass is 387 g/mol. The van der Waals surface area contributed by atoms with Crippen molar-refractivity contribution in [3.05, 3.63) is 59.1 Å². The quantitative estimate of drug-likeness (QED) is 0.793. The molecule has 0 unspecified atom stereocenters. The fraction of sp³-hybridized carbons (Fsp3) is 0.381. The van der Waals surface area contributed by atoms with E-state index in [0.29, 0.717) is 12.3 Å². The number of hydrogen-bond acceptors (Lipinski definition) is 4. The second kappa shape index (κ2) is 9.62. The van der Waals surface area contributed by atoms with Gasteiger partial charge in [-0.05, 0) is 43.3 Å². The van der Waals surface area contributed by atoms with Gasteiger partial charge in [0.1, 0.15) is 5.75 Å². The van der Waals surface area contributed by atoms with Crippen molar-refractivity contribution in [2.45, 2.75) is 6.92 Å². The zero-order valence-corrected chi connectivity index (χ0v) is 16.4. The summed E-state index contributed by atoms with van der Waals surface area (Å²) in [5.74, 6) is 0.629. The van der Waals surface area contributed by atoms with Gasteiger partial charge in [0.05, 0.1) is 0 Å². The van der Waals surface area contributed by atoms with E-state index in [-0.39, 0.29) is 12.5 Å². The maximum absolute atomic E-state index is 11.9. The highest BCUT2D eigenvalue weighted by Gasteiger charge is 2.17. The summed E-state index contributed by atoms with van der Waals surface area (Å²) >= 11 is 5.95. The molecule has 1 heterocycles. The molecule has 2 aromatic rings. The van der Waals surface area contributed by atoms with Crippen molar-refractivity contribution in [1.82, 2.24) is 10.2 Å². The molecule has 0 radical (unpaired) electrons. The number of benzene rings is 2. The highest BCUT2D eigenvalue weighted by molar-refractivity contribution is 6.30. The van der Waals surface area contributed by atoms with E-state index < -0.39 is 0 Å². The Morgan fingerprint density at radius 3 is 2.37 bits per heavy atom. The maximum Gasteiger partial charge on any atom is 0.257 e. The first-order valence-corrected chi connectivity index (χ1v) is 9.67. The number of piperazine rings is 1. The van der Waals surface area contributed by atoms with Gasteiger partial charge in [0.25, 0.3) is 5.91 Å². The van der Waals surface area contributed by atoms with Gasteiger partial charge < -0.3 is 15.0 Å². The number of carbonyl (C=O) groups is 1. The first kappa shape index (κ1) is 19.5. The Bertz CT molecular complexity index is 726. The zero-order chi connectivity index (χ0) is 19.1. The van der Waals surface area contributed by atoms with Crippen LogP contribution in [0, 0.1) is 6.92 Å². The van der Waals surface area contributed by atoms with Crippen molar-refractivity contribution in [1.29, 1.82) is 0 Å². The summed E-state index contributed by atoms with van der Waals surface area (Å²) in [5, 5.41) is 3.69. The summed E-state index contributed by atoms with van der Waals surface area (Å²) in [5.41, 5.74) is 2.38. The standard InChI is InChI=1S/C21H26ClN3O2/c1-17-2-8-20(9-3-17)27-16-21(26)23-10-11-24-12-14-25(15-13-24)19-6-4-18(22)5-7-19/h2-9H,10-16H2,1H3,(H,23,26). The summed E-state index contributed by atoms with van der Waals surface area (Å²) in [7, 11) is 0. The molecule has 0 saturated carbocycles. The van der Waals surface area contributed by atoms with Crippen molar-refractivity contribution in [2.24, 2.45) is 0 Å². The molecule has 1 saturated heterocycles. The van der Waals surface area contributed by atoms with Crippen molar-refractivity contribution in [3.8, 4) is 5.75 Å². The number of halogens is 1. The minimum Gasteiger partial charge on any atom is -0.484 e. The average Bonchev–Trinajstić information content (AvgIpc) is 2.69. The van der Waals surface area contributed by atoms with Gasteiger partial charge in [-0.25, -0.2) is 0 Å². The Kier molecular flexibility index (Phi) is 6.96. The fourth-order valence-corrected chi connectivity index (χ4v) is 3.20. The van der Waals surface area contributed by atoms with Gasteiger partial charge in [-0.3, -0.25) is 9.69 Å². The number of amides is 1. The molecular weight excluding hydrogens is 362 g/mol. The first-order valence-electron chi connectivity index (χ1n) is 9.29. The molecule has 0 bridgehead atoms. The minimum atomic E-state index is -0.0876. The summed E-state index contributed by atoms with van der Waals surface area (Å²) in [6, 6.07) is 15.7. The third-order valence-electron chi connectivity index (χ3n) is 4.71. The lowest BCUT2D eigenvalue weighted by atomic mass is 10.2. The zero-order valence-electron chi connectivity index (χ0n) is 15.7. The maximum atomic E-state index is 11.9. The predicted molar refractivity (Wildman–Crippen MR) is 110 cm³/mol. The van der Waals surface area contributed by atoms with E-state index in [1.165, 1.54) is 11.3 Å². The molecule has 5 nitrogen and oxygen atoms in total. The Labute approximate surface area is 165 Å². The molecule has 1 amide bonds. The second-order valence-corrected chi connectivity index (χ2v) is 7.19. The van der Waals surface area contributed by atoms with E-state index in [0.717, 1.165) is 37.7 Å². The molecule has 0 aromatic heterocycles. The molecule has 6 heteroatoms. The van der Waals surface area contributed by atoms with E-state index in [1.807, 2.05) is 43.3 Å². The van der Waals surface area contributed by atoms with Gasteiger partial charge in [0.2, 0.25) is 0 Å². The van der Waals surface area contributed by atoms with Crippen molar-refractivity contribution in [2.75, 3.05) is 50.8 Å². The van der Waals surface area contributed by atoms with Crippen LogP contribution in [-0.2, 0) is 4.79 Å². The topological polar surface area (TPSA) is 44.8 Å². The largest absolute Gasteiger partial charge is 0.484 e. The summed E-state index contributed by atoms with van der Waals surface area (Å²) in [6.07, 6.45) is 0. The molecule has 0 aliphatic carbocycles. The van der Waals surface area contributed by atoms with Crippen molar-refractivity contribution < 1.29 is 9.53 Å². The van der Waals surface area contributed by atoms with Crippen LogP contribution in [0.1, 0.15) is 5.56 Å². The molecule has 1 aliphatic heterocycles. The van der Waals surface area contributed by atoms with Crippen LogP contribution in [0.2, 0.25) is 5.02 Å². The molecule has 3 rings (SSSR count). The Morgan fingerprint density at radius 2 is 1.70 bits per heavy atom. The summed E-state index contributed by atoms with van der Waals surface area (Å²) < 4.78 is 5.50. The summed E-state index contributed by atoms with van der Waals surface area (Å²) in [4.78, 5) is 16.6. The molecule has 1 N–H and O–H groups in total. The third-order valence-corrected chi connectivity index (χ3v) is 4.96. The van der Waals surface area contributed by atoms with Crippen LogP contribution >= 0.6 is 11.6 Å². The van der Waals surface area contributed by atoms with Gasteiger partial charge in [0.15, 0.2) is 6.61 Å². The van der Waals surface area contributed by atoms with Crippen LogP contribution in [0.5, 0.6) is 5.75 Å². The lowest BCUT2D eigenvalue weighted by Crippen LogP contribution is -2.48. The first-order chi connectivity index (χ1) is 13.1. The van der Waals surface area contributed by atoms with Crippen LogP contribution in [0.15, 0.2) is 48.5 Å². The number of hydrogen-bond donors (Lipinski definition) is 1. The van der Waals surface area contributed by atoms with Gasteiger partial charge in [0, 0.05) is 50.0 Å². The van der Waals surface area contributed by atoms with Crippen LogP contribution < -0.4 is 15.0 Å². The molecule has 1 fully saturated rings. The number of anilines is 1. The molecule has 0 atom stereocenters. The van der Waals surface area contributed by atoms with Crippen molar-refractivity contribution >= 4 is 23.2 Å². The van der Waals surface area contributed by atoms with Crippen LogP contribution in [-0.4, -0.2) is 56.7 Å². The number of nitrogens with zero attached hydrogens (tertiary/aromatic N) is 2. The molecule has 2 aromatic carbocycles. The van der Waals surface area contributed by atoms with Gasteiger partial charge in [-0.2, -0.15) is 0 Å². The number of rotatable bonds is 7. The van der Waals surface area contributed by atoms with E-state index in [2.05, 4.69) is 27.2 Å². The Morgan fingerprint density at radius 1 is 1.04 bits per heavy atom. The minimum absolute atomic E-state index is 0.0490. The van der Waals surface area contributed by atoms with Crippen molar-refractivity contribution in [3.63, 3.8) is 0 Å². The van der Waals surface area contributed by atoms with E-state index in [1.54, 1.807) is 0 Å². The van der Waals surface area contributed by atoms with E-state index >= 15 is 0 Å². The SMILES string of the molecule is Cc1ccc(OCC(=O)NCCN2CCN(c3ccc(Cl)cc3)CC2)cc1. The number of nitrogens with one attached hydrogen (secondary N) is 1. The number of aryl methyl sites for hydroxylation is 1. The van der Waals surface area contributed by atoms with Crippen LogP contribution in [0.4, 0.5) is 5.69 Å². The van der Waals surface area contributed by atoms with Crippen LogP contribution in [0.3, 0.4) is 0 Å². The number of ether oxygens (including phenoxy) is 1. The third kappa shape index (κ3) is 6.15. The van der Waals surface area contributed by atoms with Gasteiger partial charge in [-0.15, -0.1) is 0 Å². The smallest absolute Gasteiger partial charge is 0.257 e. The van der Waals surface area contributed by atoms with Crippen LogP contribution in [0.25, 0.3) is 0 Å². The molecule has 27 heavy (non-hydrogen) atoms. The highest BCUT2D eigenvalue weighted by Crippen LogP contribution is 2.19. The van der Waals surface area contributed by atoms with E-state index in [9.17, 15) is 4.79 Å². The molecular formula is C21H26ClN3O2. The lowest BCUT2D eigenvalue weighted by Gasteiger charge is -2.36. The van der Waals surface area contributed by atoms with Gasteiger partial charge >= 0.3 is 0 Å². The normalized spacial score (nSPS) is 14.8. The number of carbonyl (C=O) groups excluding carboxylic acids is 1. The van der Waals surface area contributed by atoms with Gasteiger partial charge in [-0.1, -0.05) is 29.3 Å². The van der Waals surface area contributed by atoms with E-state index in [4.69, 9.17) is 16.3 Å². The molecule has 144 valence electrons. The lowest BCUT2D eigenvalue weighted by molar-refractivity contribution is -0.123. The Balaban J connectivity index is 1.31. The molecule has 1 aliphatic rings.